The van der Waals surface area contributed by atoms with Gasteiger partial charge in [-0.2, -0.15) is 0 Å². The van der Waals surface area contributed by atoms with E-state index in [1.807, 2.05) is 24.3 Å². The van der Waals surface area contributed by atoms with Gasteiger partial charge in [0.2, 0.25) is 0 Å². The fourth-order valence-electron chi connectivity index (χ4n) is 4.38. The Kier molecular flexibility index (Phi) is 8.76. The first-order valence-corrected chi connectivity index (χ1v) is 10.9. The van der Waals surface area contributed by atoms with Gasteiger partial charge in [0.05, 0.1) is 30.9 Å². The van der Waals surface area contributed by atoms with E-state index < -0.39 is 0 Å². The molecule has 3 N–H and O–H groups in total. The number of guanidine groups is 1. The van der Waals surface area contributed by atoms with Crippen molar-refractivity contribution in [3.63, 3.8) is 0 Å². The molecule has 166 valence electrons. The van der Waals surface area contributed by atoms with E-state index in [-0.39, 0.29) is 36.0 Å². The van der Waals surface area contributed by atoms with Crippen LogP contribution >= 0.6 is 24.0 Å². The van der Waals surface area contributed by atoms with Gasteiger partial charge in [0, 0.05) is 25.3 Å². The molecule has 0 saturated carbocycles. The minimum Gasteiger partial charge on any atom is -0.376 e. The highest BCUT2D eigenvalue weighted by molar-refractivity contribution is 14.0. The van der Waals surface area contributed by atoms with Crippen molar-refractivity contribution in [2.45, 2.75) is 69.9 Å². The summed E-state index contributed by atoms with van der Waals surface area (Å²) in [5.74, 6) is 0.748. The highest BCUT2D eigenvalue weighted by atomic mass is 127. The molecule has 3 saturated heterocycles. The number of benzene rings is 1. The molecule has 1 aromatic rings. The lowest BCUT2D eigenvalue weighted by Gasteiger charge is -2.22. The lowest BCUT2D eigenvalue weighted by Crippen LogP contribution is -2.47. The Hall–Kier alpha value is -1.39. The van der Waals surface area contributed by atoms with E-state index in [1.165, 1.54) is 6.42 Å². The smallest absolute Gasteiger partial charge is 0.251 e. The molecule has 2 bridgehead atoms. The number of carbonyl (C=O) groups is 1. The minimum atomic E-state index is -0.0597. The number of fused-ring (bicyclic) bond motifs is 2. The van der Waals surface area contributed by atoms with Crippen molar-refractivity contribution in [2.75, 3.05) is 19.7 Å². The molecule has 3 heterocycles. The second-order valence-electron chi connectivity index (χ2n) is 8.10. The number of aliphatic imine (C=N–C) groups is 1. The van der Waals surface area contributed by atoms with Crippen molar-refractivity contribution in [3.05, 3.63) is 35.4 Å². The van der Waals surface area contributed by atoms with Crippen LogP contribution in [0.3, 0.4) is 0 Å². The average molecular weight is 528 g/mol. The quantitative estimate of drug-likeness (QED) is 0.288. The van der Waals surface area contributed by atoms with Crippen LogP contribution in [-0.2, 0) is 16.0 Å². The van der Waals surface area contributed by atoms with Crippen LogP contribution in [-0.4, -0.2) is 55.9 Å². The topological polar surface area (TPSA) is 84.0 Å². The zero-order chi connectivity index (χ0) is 20.1. The van der Waals surface area contributed by atoms with Crippen molar-refractivity contribution in [2.24, 2.45) is 4.99 Å². The summed E-state index contributed by atoms with van der Waals surface area (Å²) in [4.78, 5) is 17.2. The van der Waals surface area contributed by atoms with Crippen LogP contribution < -0.4 is 16.0 Å². The summed E-state index contributed by atoms with van der Waals surface area (Å²) in [5, 5.41) is 9.83. The lowest BCUT2D eigenvalue weighted by atomic mass is 9.96. The molecule has 30 heavy (non-hydrogen) atoms. The number of halogens is 1. The Morgan fingerprint density at radius 3 is 2.83 bits per heavy atom. The molecule has 7 nitrogen and oxygen atoms in total. The minimum absolute atomic E-state index is 0. The summed E-state index contributed by atoms with van der Waals surface area (Å²) in [6.45, 7) is 4.75. The van der Waals surface area contributed by atoms with E-state index in [0.717, 1.165) is 50.4 Å². The second kappa shape index (κ2) is 11.3. The number of hydrogen-bond acceptors (Lipinski definition) is 4. The number of amides is 1. The molecular weight excluding hydrogens is 495 g/mol. The van der Waals surface area contributed by atoms with Gasteiger partial charge in [0.15, 0.2) is 5.96 Å². The summed E-state index contributed by atoms with van der Waals surface area (Å²) < 4.78 is 11.5. The zero-order valence-electron chi connectivity index (χ0n) is 17.6. The van der Waals surface area contributed by atoms with Crippen LogP contribution in [0.15, 0.2) is 29.3 Å². The molecule has 4 rings (SSSR count). The van der Waals surface area contributed by atoms with Crippen LogP contribution in [0.1, 0.15) is 54.9 Å². The maximum absolute atomic E-state index is 12.5. The highest BCUT2D eigenvalue weighted by Gasteiger charge is 2.41. The normalized spacial score (nSPS) is 27.6. The van der Waals surface area contributed by atoms with Crippen molar-refractivity contribution in [1.82, 2.24) is 16.0 Å². The van der Waals surface area contributed by atoms with Crippen molar-refractivity contribution < 1.29 is 14.3 Å². The molecule has 4 atom stereocenters. The summed E-state index contributed by atoms with van der Waals surface area (Å²) >= 11 is 0. The standard InChI is InChI=1S/C22H32N4O3.HI/c1-2-23-22(26-19-12-17-8-9-20(19)29-17)25-13-15-5-3-6-16(11-15)21(27)24-14-18-7-4-10-28-18;/h3,5-6,11,17-20H,2,4,7-10,12-14H2,1H3,(H,24,27)(H2,23,25,26);1H. The van der Waals surface area contributed by atoms with E-state index in [0.29, 0.717) is 36.9 Å². The van der Waals surface area contributed by atoms with Gasteiger partial charge in [-0.25, -0.2) is 4.99 Å². The third-order valence-corrected chi connectivity index (χ3v) is 5.90. The maximum Gasteiger partial charge on any atom is 0.251 e. The van der Waals surface area contributed by atoms with Gasteiger partial charge in [-0.1, -0.05) is 12.1 Å². The number of nitrogens with one attached hydrogen (secondary N) is 3. The molecule has 1 amide bonds. The Bertz CT molecular complexity index is 739. The molecule has 8 heteroatoms. The lowest BCUT2D eigenvalue weighted by molar-refractivity contribution is 0.0857. The first-order valence-electron chi connectivity index (χ1n) is 10.9. The number of nitrogens with zero attached hydrogens (tertiary/aromatic N) is 1. The molecule has 0 radical (unpaired) electrons. The molecule has 4 unspecified atom stereocenters. The van der Waals surface area contributed by atoms with Crippen LogP contribution in [0.25, 0.3) is 0 Å². The number of ether oxygens (including phenoxy) is 2. The third kappa shape index (κ3) is 6.07. The number of rotatable bonds is 7. The Balaban J connectivity index is 0.00000256. The van der Waals surface area contributed by atoms with Gasteiger partial charge in [0.25, 0.3) is 5.91 Å². The van der Waals surface area contributed by atoms with Crippen LogP contribution in [0.2, 0.25) is 0 Å². The summed E-state index contributed by atoms with van der Waals surface area (Å²) in [6.07, 6.45) is 6.31. The van der Waals surface area contributed by atoms with Crippen molar-refractivity contribution in [3.8, 4) is 0 Å². The van der Waals surface area contributed by atoms with Crippen molar-refractivity contribution >= 4 is 35.8 Å². The predicted molar refractivity (Wildman–Crippen MR) is 127 cm³/mol. The van der Waals surface area contributed by atoms with E-state index in [1.54, 1.807) is 0 Å². The molecule has 0 aromatic heterocycles. The Labute approximate surface area is 195 Å². The van der Waals surface area contributed by atoms with Gasteiger partial charge >= 0.3 is 0 Å². The van der Waals surface area contributed by atoms with Gasteiger partial charge in [-0.3, -0.25) is 4.79 Å². The zero-order valence-corrected chi connectivity index (χ0v) is 19.9. The summed E-state index contributed by atoms with van der Waals surface area (Å²) in [7, 11) is 0. The molecule has 3 aliphatic rings. The van der Waals surface area contributed by atoms with E-state index in [4.69, 9.17) is 14.5 Å². The van der Waals surface area contributed by atoms with Gasteiger partial charge in [0.1, 0.15) is 0 Å². The second-order valence-corrected chi connectivity index (χ2v) is 8.10. The summed E-state index contributed by atoms with van der Waals surface area (Å²) in [6, 6.07) is 8.01. The molecule has 0 aliphatic carbocycles. The number of carbonyl (C=O) groups excluding carboxylic acids is 1. The van der Waals surface area contributed by atoms with Crippen LogP contribution in [0.4, 0.5) is 0 Å². The van der Waals surface area contributed by atoms with Crippen LogP contribution in [0, 0.1) is 0 Å². The van der Waals surface area contributed by atoms with Gasteiger partial charge in [-0.15, -0.1) is 24.0 Å². The van der Waals surface area contributed by atoms with Gasteiger partial charge in [-0.05, 0) is 56.7 Å². The molecule has 3 aliphatic heterocycles. The largest absolute Gasteiger partial charge is 0.376 e. The average Bonchev–Trinajstić information content (AvgIpc) is 3.49. The Morgan fingerprint density at radius 2 is 2.13 bits per heavy atom. The number of hydrogen-bond donors (Lipinski definition) is 3. The summed E-state index contributed by atoms with van der Waals surface area (Å²) in [5.41, 5.74) is 1.67. The van der Waals surface area contributed by atoms with Crippen LogP contribution in [0.5, 0.6) is 0 Å². The van der Waals surface area contributed by atoms with E-state index in [2.05, 4.69) is 22.9 Å². The van der Waals surface area contributed by atoms with E-state index >= 15 is 0 Å². The molecule has 3 fully saturated rings. The molecule has 0 spiro atoms. The van der Waals surface area contributed by atoms with Crippen molar-refractivity contribution in [1.29, 1.82) is 0 Å². The molecule has 1 aromatic carbocycles. The third-order valence-electron chi connectivity index (χ3n) is 5.90. The maximum atomic E-state index is 12.5. The SMILES string of the molecule is CCNC(=NCc1cccc(C(=O)NCC2CCCO2)c1)NC1CC2CCC1O2.I. The first-order chi connectivity index (χ1) is 14.2. The highest BCUT2D eigenvalue weighted by Crippen LogP contribution is 2.34. The molecular formula is C22H33IN4O3. The first kappa shape index (κ1) is 23.3. The van der Waals surface area contributed by atoms with E-state index in [9.17, 15) is 4.79 Å². The van der Waals surface area contributed by atoms with Gasteiger partial charge < -0.3 is 25.4 Å². The predicted octanol–water partition coefficient (Wildman–Crippen LogP) is 2.59. The fourth-order valence-corrected chi connectivity index (χ4v) is 4.38. The fraction of sp³-hybridized carbons (Fsp3) is 0.636. The Morgan fingerprint density at radius 1 is 1.23 bits per heavy atom. The monoisotopic (exact) mass is 528 g/mol.